The van der Waals surface area contributed by atoms with Gasteiger partial charge in [-0.25, -0.2) is 5.43 Å². The number of hydrogen-bond donors (Lipinski definition) is 1. The number of rotatable bonds is 3. The summed E-state index contributed by atoms with van der Waals surface area (Å²) in [5.41, 5.74) is 3.34. The van der Waals surface area contributed by atoms with Crippen molar-refractivity contribution in [2.45, 2.75) is 0 Å². The summed E-state index contributed by atoms with van der Waals surface area (Å²) in [6.07, 6.45) is 1.60. The van der Waals surface area contributed by atoms with Gasteiger partial charge >= 0.3 is 5.91 Å². The lowest BCUT2D eigenvalue weighted by molar-refractivity contribution is 0.0926. The molecule has 0 atom stereocenters. The van der Waals surface area contributed by atoms with Gasteiger partial charge in [0.25, 0.3) is 0 Å². The van der Waals surface area contributed by atoms with E-state index in [2.05, 4.69) is 26.5 Å². The summed E-state index contributed by atoms with van der Waals surface area (Å²) < 4.78 is 5.64. The van der Waals surface area contributed by atoms with Crippen LogP contribution in [0.1, 0.15) is 16.1 Å². The lowest BCUT2D eigenvalue weighted by Gasteiger charge is -1.99. The van der Waals surface area contributed by atoms with E-state index in [-0.39, 0.29) is 5.76 Å². The molecule has 21 heavy (non-hydrogen) atoms. The van der Waals surface area contributed by atoms with Gasteiger partial charge in [-0.2, -0.15) is 5.10 Å². The van der Waals surface area contributed by atoms with Gasteiger partial charge in [0.2, 0.25) is 0 Å². The predicted octanol–water partition coefficient (Wildman–Crippen LogP) is 3.96. The molecule has 0 radical (unpaired) electrons. The molecule has 0 bridgehead atoms. The minimum absolute atomic E-state index is 0.206. The van der Waals surface area contributed by atoms with Crippen molar-refractivity contribution in [3.05, 3.63) is 70.6 Å². The molecule has 2 aromatic carbocycles. The third kappa shape index (κ3) is 3.20. The van der Waals surface area contributed by atoms with Crippen LogP contribution in [-0.2, 0) is 0 Å². The summed E-state index contributed by atoms with van der Waals surface area (Å²) >= 11 is 3.14. The maximum Gasteiger partial charge on any atom is 0.307 e. The molecular formula is C16H11BrN2O2. The average molecular weight is 343 g/mol. The first-order valence-electron chi connectivity index (χ1n) is 6.30. The molecule has 0 unspecified atom stereocenters. The molecule has 0 saturated heterocycles. The second-order valence-corrected chi connectivity index (χ2v) is 5.19. The van der Waals surface area contributed by atoms with Gasteiger partial charge in [0.05, 0.1) is 6.21 Å². The number of amides is 1. The van der Waals surface area contributed by atoms with Crippen LogP contribution in [-0.4, -0.2) is 12.1 Å². The third-order valence-corrected chi connectivity index (χ3v) is 3.38. The Bertz CT molecular complexity index is 824. The molecule has 4 nitrogen and oxygen atoms in total. The Morgan fingerprint density at radius 1 is 1.10 bits per heavy atom. The zero-order valence-electron chi connectivity index (χ0n) is 10.9. The lowest BCUT2D eigenvalue weighted by Crippen LogP contribution is -2.16. The molecule has 1 N–H and O–H groups in total. The minimum Gasteiger partial charge on any atom is -0.444 e. The molecule has 0 aliphatic rings. The molecule has 0 saturated carbocycles. The molecular weight excluding hydrogens is 332 g/mol. The van der Waals surface area contributed by atoms with Crippen molar-refractivity contribution in [3.8, 4) is 0 Å². The van der Waals surface area contributed by atoms with Crippen LogP contribution in [0.5, 0.6) is 0 Å². The number of carbonyl (C=O) groups is 1. The van der Waals surface area contributed by atoms with Gasteiger partial charge in [0.1, 0.15) is 0 Å². The zero-order valence-corrected chi connectivity index (χ0v) is 12.5. The first kappa shape index (κ1) is 13.6. The number of fused-ring (bicyclic) bond motifs is 1. The van der Waals surface area contributed by atoms with Crippen LogP contribution in [0, 0.1) is 0 Å². The summed E-state index contributed by atoms with van der Waals surface area (Å²) in [7, 11) is 0. The second-order valence-electron chi connectivity index (χ2n) is 4.41. The summed E-state index contributed by atoms with van der Waals surface area (Å²) in [6, 6.07) is 17.3. The first-order chi connectivity index (χ1) is 10.2. The highest BCUT2D eigenvalue weighted by Crippen LogP contribution is 2.15. The van der Waals surface area contributed by atoms with Gasteiger partial charge in [-0.3, -0.25) is 4.79 Å². The molecule has 0 aliphatic heterocycles. The fraction of sp³-hybridized carbons (Fsp3) is 0. The largest absolute Gasteiger partial charge is 0.444 e. The topological polar surface area (TPSA) is 54.6 Å². The molecule has 104 valence electrons. The van der Waals surface area contributed by atoms with Crippen LogP contribution in [0.3, 0.4) is 0 Å². The van der Waals surface area contributed by atoms with E-state index in [1.807, 2.05) is 42.5 Å². The quantitative estimate of drug-likeness (QED) is 0.578. The normalized spacial score (nSPS) is 11.1. The maximum atomic E-state index is 11.7. The van der Waals surface area contributed by atoms with Gasteiger partial charge < -0.3 is 4.42 Å². The fourth-order valence-electron chi connectivity index (χ4n) is 1.94. The maximum absolute atomic E-state index is 11.7. The lowest BCUT2D eigenvalue weighted by atomic mass is 10.1. The highest BCUT2D eigenvalue weighted by molar-refractivity contribution is 9.10. The number of nitrogens with one attached hydrogen (secondary N) is 1. The van der Waals surface area contributed by atoms with Crippen LogP contribution in [0.25, 0.3) is 10.8 Å². The molecule has 5 heteroatoms. The van der Waals surface area contributed by atoms with Crippen LogP contribution in [0.2, 0.25) is 0 Å². The number of nitrogens with zero attached hydrogens (tertiary/aromatic N) is 1. The number of carbonyl (C=O) groups excluding carboxylic acids is 1. The summed E-state index contributed by atoms with van der Waals surface area (Å²) in [5.74, 6) is -0.185. The van der Waals surface area contributed by atoms with Crippen molar-refractivity contribution < 1.29 is 9.21 Å². The van der Waals surface area contributed by atoms with Crippen molar-refractivity contribution in [1.29, 1.82) is 0 Å². The predicted molar refractivity (Wildman–Crippen MR) is 85.4 cm³/mol. The van der Waals surface area contributed by atoms with Crippen molar-refractivity contribution >= 4 is 38.8 Å². The highest BCUT2D eigenvalue weighted by Gasteiger charge is 2.08. The van der Waals surface area contributed by atoms with E-state index in [1.54, 1.807) is 18.3 Å². The SMILES string of the molecule is O=C(NN=Cc1ccc2ccccc2c1)c1ccc(Br)o1. The number of halogens is 1. The van der Waals surface area contributed by atoms with Crippen molar-refractivity contribution in [2.75, 3.05) is 0 Å². The molecule has 0 aliphatic carbocycles. The van der Waals surface area contributed by atoms with Crippen LogP contribution < -0.4 is 5.43 Å². The van der Waals surface area contributed by atoms with Crippen molar-refractivity contribution in [2.24, 2.45) is 5.10 Å². The monoisotopic (exact) mass is 342 g/mol. The van der Waals surface area contributed by atoms with Crippen molar-refractivity contribution in [3.63, 3.8) is 0 Å². The molecule has 1 amide bonds. The van der Waals surface area contributed by atoms with E-state index in [4.69, 9.17) is 4.42 Å². The van der Waals surface area contributed by atoms with E-state index in [0.29, 0.717) is 4.67 Å². The molecule has 1 aromatic heterocycles. The molecule has 1 heterocycles. The molecule has 3 rings (SSSR count). The fourth-order valence-corrected chi connectivity index (χ4v) is 2.25. The van der Waals surface area contributed by atoms with Crippen LogP contribution in [0.15, 0.2) is 68.8 Å². The van der Waals surface area contributed by atoms with E-state index in [1.165, 1.54) is 5.39 Å². The standard InChI is InChI=1S/C16H11BrN2O2/c17-15-8-7-14(21-15)16(20)19-18-10-11-5-6-12-3-1-2-4-13(12)9-11/h1-10H,(H,19,20). The van der Waals surface area contributed by atoms with E-state index >= 15 is 0 Å². The molecule has 0 spiro atoms. The van der Waals surface area contributed by atoms with Crippen LogP contribution in [0.4, 0.5) is 0 Å². The van der Waals surface area contributed by atoms with Gasteiger partial charge in [0.15, 0.2) is 10.4 Å². The Hall–Kier alpha value is -2.40. The molecule has 0 fully saturated rings. The van der Waals surface area contributed by atoms with E-state index in [9.17, 15) is 4.79 Å². The van der Waals surface area contributed by atoms with Gasteiger partial charge in [0, 0.05) is 0 Å². The van der Waals surface area contributed by atoms with Gasteiger partial charge in [-0.05, 0) is 50.5 Å². The Balaban J connectivity index is 1.71. The minimum atomic E-state index is -0.391. The van der Waals surface area contributed by atoms with Gasteiger partial charge in [-0.15, -0.1) is 0 Å². The summed E-state index contributed by atoms with van der Waals surface area (Å²) in [5, 5.41) is 6.23. The number of furan rings is 1. The van der Waals surface area contributed by atoms with Crippen molar-refractivity contribution in [1.82, 2.24) is 5.43 Å². The Labute approximate surface area is 129 Å². The summed E-state index contributed by atoms with van der Waals surface area (Å²) in [6.45, 7) is 0. The smallest absolute Gasteiger partial charge is 0.307 e. The van der Waals surface area contributed by atoms with Gasteiger partial charge in [-0.1, -0.05) is 36.4 Å². The number of hydrogen-bond acceptors (Lipinski definition) is 3. The molecule has 3 aromatic rings. The number of benzene rings is 2. The Kier molecular flexibility index (Phi) is 3.83. The Morgan fingerprint density at radius 2 is 1.90 bits per heavy atom. The third-order valence-electron chi connectivity index (χ3n) is 2.95. The van der Waals surface area contributed by atoms with E-state index in [0.717, 1.165) is 10.9 Å². The Morgan fingerprint density at radius 3 is 2.67 bits per heavy atom. The summed E-state index contributed by atoms with van der Waals surface area (Å²) in [4.78, 5) is 11.7. The zero-order chi connectivity index (χ0) is 14.7. The van der Waals surface area contributed by atoms with E-state index < -0.39 is 5.91 Å². The second kappa shape index (κ2) is 5.93. The first-order valence-corrected chi connectivity index (χ1v) is 7.09. The van der Waals surface area contributed by atoms with Crippen LogP contribution >= 0.6 is 15.9 Å². The number of hydrazone groups is 1. The highest BCUT2D eigenvalue weighted by atomic mass is 79.9. The average Bonchev–Trinajstić information content (AvgIpc) is 2.94.